The maximum Gasteiger partial charge on any atom is 0.255 e. The molecule has 0 saturated heterocycles. The average molecular weight is 498 g/mol. The number of benzene rings is 1. The quantitative estimate of drug-likeness (QED) is 0.185. The number of hydrogen-bond acceptors (Lipinski definition) is 10. The number of ketones is 2. The normalized spacial score (nSPS) is 32.0. The summed E-state index contributed by atoms with van der Waals surface area (Å²) in [5.41, 5.74) is 1.14. The number of phenolic OH excluding ortho intramolecular Hbond substituents is 1. The van der Waals surface area contributed by atoms with Gasteiger partial charge in [0.25, 0.3) is 5.91 Å². The lowest BCUT2D eigenvalue weighted by atomic mass is 9.55. The standard InChI is InChI=1S/C25H26N2O9/c1-9-11-7-6-10(5-4-8-28)18(29)13(11)19(30)14-12(9)20(31)16-17(27(2)3)21(32)15(24(26)35)23(34)25(16,36)22(14)33/h4-9,12,16-17,20,29,31-33,36H,1-3H3,(H2,26,35)/b5-4+/t9-,12+,16+,17-,20-,25-/m0/s1. The summed E-state index contributed by atoms with van der Waals surface area (Å²) in [6.45, 7) is 1.64. The molecular formula is C25H26N2O9. The van der Waals surface area contributed by atoms with Gasteiger partial charge in [-0.2, -0.15) is 0 Å². The second-order valence-corrected chi connectivity index (χ2v) is 9.51. The van der Waals surface area contributed by atoms with Gasteiger partial charge in [-0.3, -0.25) is 24.1 Å². The maximum atomic E-state index is 13.6. The molecule has 0 saturated carbocycles. The van der Waals surface area contributed by atoms with Crippen molar-refractivity contribution in [2.75, 3.05) is 14.1 Å². The zero-order valence-corrected chi connectivity index (χ0v) is 19.7. The number of aldehydes is 1. The molecule has 11 nitrogen and oxygen atoms in total. The third kappa shape index (κ3) is 3.10. The average Bonchev–Trinajstić information content (AvgIpc) is 2.80. The minimum absolute atomic E-state index is 0.137. The number of rotatable bonds is 4. The number of fused-ring (bicyclic) bond motifs is 3. The molecule has 11 heteroatoms. The van der Waals surface area contributed by atoms with E-state index in [0.29, 0.717) is 11.8 Å². The Morgan fingerprint density at radius 3 is 2.36 bits per heavy atom. The molecule has 0 aliphatic heterocycles. The molecule has 1 aromatic carbocycles. The number of amides is 1. The Morgan fingerprint density at radius 1 is 1.17 bits per heavy atom. The van der Waals surface area contributed by atoms with Gasteiger partial charge in [0.15, 0.2) is 11.4 Å². The summed E-state index contributed by atoms with van der Waals surface area (Å²) in [5, 5.41) is 56.0. The Bertz CT molecular complexity index is 1310. The number of nitrogens with zero attached hydrogens (tertiary/aromatic N) is 1. The van der Waals surface area contributed by atoms with Gasteiger partial charge in [0.1, 0.15) is 29.1 Å². The van der Waals surface area contributed by atoms with Gasteiger partial charge in [0.05, 0.1) is 23.6 Å². The minimum Gasteiger partial charge on any atom is -0.510 e. The number of primary amides is 1. The highest BCUT2D eigenvalue weighted by molar-refractivity contribution is 6.25. The molecule has 0 heterocycles. The second kappa shape index (κ2) is 8.40. The molecular weight excluding hydrogens is 472 g/mol. The number of aliphatic hydroxyl groups excluding tert-OH is 3. The number of Topliss-reactive ketones (excluding diaryl/α,β-unsaturated/α-hetero) is 2. The first-order valence-electron chi connectivity index (χ1n) is 11.1. The number of hydrogen-bond donors (Lipinski definition) is 6. The summed E-state index contributed by atoms with van der Waals surface area (Å²) in [7, 11) is 2.94. The van der Waals surface area contributed by atoms with Crippen LogP contribution in [0.2, 0.25) is 0 Å². The summed E-state index contributed by atoms with van der Waals surface area (Å²) < 4.78 is 0. The van der Waals surface area contributed by atoms with E-state index in [0.717, 1.165) is 6.08 Å². The van der Waals surface area contributed by atoms with E-state index < -0.39 is 81.4 Å². The Kier molecular flexibility index (Phi) is 5.90. The molecule has 0 aromatic heterocycles. The summed E-state index contributed by atoms with van der Waals surface area (Å²) >= 11 is 0. The highest BCUT2D eigenvalue weighted by Crippen LogP contribution is 2.55. The third-order valence-corrected chi connectivity index (χ3v) is 7.52. The number of aliphatic hydroxyl groups is 4. The molecule has 190 valence electrons. The van der Waals surface area contributed by atoms with Gasteiger partial charge < -0.3 is 31.3 Å². The van der Waals surface area contributed by atoms with E-state index in [1.807, 2.05) is 0 Å². The van der Waals surface area contributed by atoms with Gasteiger partial charge >= 0.3 is 0 Å². The highest BCUT2D eigenvalue weighted by atomic mass is 16.4. The molecule has 0 radical (unpaired) electrons. The van der Waals surface area contributed by atoms with Crippen LogP contribution in [0.15, 0.2) is 40.9 Å². The van der Waals surface area contributed by atoms with E-state index in [2.05, 4.69) is 0 Å². The van der Waals surface area contributed by atoms with Crippen molar-refractivity contribution in [3.8, 4) is 5.75 Å². The van der Waals surface area contributed by atoms with Crippen LogP contribution in [0.1, 0.15) is 34.3 Å². The van der Waals surface area contributed by atoms with Crippen LogP contribution in [0.5, 0.6) is 5.75 Å². The number of aromatic hydroxyl groups is 1. The predicted octanol–water partition coefficient (Wildman–Crippen LogP) is -0.135. The van der Waals surface area contributed by atoms with Crippen molar-refractivity contribution in [1.29, 1.82) is 0 Å². The van der Waals surface area contributed by atoms with Crippen LogP contribution in [0, 0.1) is 11.8 Å². The van der Waals surface area contributed by atoms with Crippen LogP contribution >= 0.6 is 0 Å². The summed E-state index contributed by atoms with van der Waals surface area (Å²) in [5.74, 6) is -9.49. The largest absolute Gasteiger partial charge is 0.510 e. The molecule has 0 spiro atoms. The fourth-order valence-corrected chi connectivity index (χ4v) is 5.92. The zero-order valence-electron chi connectivity index (χ0n) is 19.7. The van der Waals surface area contributed by atoms with E-state index in [9.17, 15) is 44.7 Å². The first-order chi connectivity index (χ1) is 16.8. The van der Waals surface area contributed by atoms with Gasteiger partial charge in [-0.05, 0) is 37.7 Å². The molecule has 4 rings (SSSR count). The van der Waals surface area contributed by atoms with Crippen molar-refractivity contribution in [3.05, 3.63) is 57.6 Å². The lowest BCUT2D eigenvalue weighted by molar-refractivity contribution is -0.162. The number of phenols is 1. The monoisotopic (exact) mass is 498 g/mol. The first kappa shape index (κ1) is 25.3. The molecule has 3 aliphatic rings. The summed E-state index contributed by atoms with van der Waals surface area (Å²) in [6, 6.07) is 1.71. The second-order valence-electron chi connectivity index (χ2n) is 9.51. The molecule has 1 aromatic rings. The van der Waals surface area contributed by atoms with Crippen molar-refractivity contribution in [2.24, 2.45) is 17.6 Å². The van der Waals surface area contributed by atoms with Crippen LogP contribution in [-0.4, -0.2) is 86.0 Å². The van der Waals surface area contributed by atoms with Crippen molar-refractivity contribution in [3.63, 3.8) is 0 Å². The van der Waals surface area contributed by atoms with Crippen molar-refractivity contribution < 1.29 is 44.7 Å². The van der Waals surface area contributed by atoms with E-state index in [-0.39, 0.29) is 11.1 Å². The van der Waals surface area contributed by atoms with Crippen molar-refractivity contribution in [1.82, 2.24) is 4.90 Å². The molecule has 0 bridgehead atoms. The highest BCUT2D eigenvalue weighted by Gasteiger charge is 2.67. The summed E-state index contributed by atoms with van der Waals surface area (Å²) in [4.78, 5) is 51.1. The molecule has 36 heavy (non-hydrogen) atoms. The summed E-state index contributed by atoms with van der Waals surface area (Å²) in [6.07, 6.45) is 1.22. The van der Waals surface area contributed by atoms with E-state index in [1.165, 1.54) is 31.1 Å². The number of allylic oxidation sites excluding steroid dienone is 1. The third-order valence-electron chi connectivity index (χ3n) is 7.52. The number of carbonyl (C=O) groups excluding carboxylic acids is 4. The Labute approximate surface area is 205 Å². The van der Waals surface area contributed by atoms with Crippen LogP contribution in [-0.2, 0) is 14.4 Å². The van der Waals surface area contributed by atoms with E-state index in [1.54, 1.807) is 13.0 Å². The number of nitrogens with two attached hydrogens (primary N) is 1. The maximum absolute atomic E-state index is 13.6. The minimum atomic E-state index is -2.96. The van der Waals surface area contributed by atoms with Gasteiger partial charge in [0.2, 0.25) is 5.78 Å². The Balaban J connectivity index is 2.03. The molecule has 3 aliphatic carbocycles. The molecule has 6 atom stereocenters. The topological polar surface area (TPSA) is 199 Å². The van der Waals surface area contributed by atoms with Gasteiger partial charge in [-0.15, -0.1) is 0 Å². The molecule has 0 unspecified atom stereocenters. The Morgan fingerprint density at radius 2 is 1.81 bits per heavy atom. The lowest BCUT2D eigenvalue weighted by Gasteiger charge is -2.53. The van der Waals surface area contributed by atoms with Gasteiger partial charge in [-0.25, -0.2) is 0 Å². The fraction of sp³-hybridized carbons (Fsp3) is 0.360. The van der Waals surface area contributed by atoms with Crippen molar-refractivity contribution in [2.45, 2.75) is 30.6 Å². The van der Waals surface area contributed by atoms with Crippen LogP contribution < -0.4 is 5.73 Å². The molecule has 0 fully saturated rings. The lowest BCUT2D eigenvalue weighted by Crippen LogP contribution is -2.68. The molecule has 7 N–H and O–H groups in total. The molecule has 1 amide bonds. The predicted molar refractivity (Wildman–Crippen MR) is 125 cm³/mol. The SMILES string of the molecule is C[C@H]1c2ccc(/C=C/C=O)c(O)c2C(=O)C2=C(O)[C@]3(O)C(=O)C(C(N)=O)=C(O)[C@@H](N(C)C)[C@@H]3[C@@H](O)[C@@H]21. The number of likely N-dealkylation sites (N-methyl/N-ethyl adjacent to an activating group) is 1. The van der Waals surface area contributed by atoms with Gasteiger partial charge in [0, 0.05) is 17.1 Å². The number of carbonyl (C=O) groups is 4. The van der Waals surface area contributed by atoms with Crippen LogP contribution in [0.25, 0.3) is 6.08 Å². The zero-order chi connectivity index (χ0) is 26.9. The van der Waals surface area contributed by atoms with Crippen molar-refractivity contribution >= 4 is 29.8 Å². The van der Waals surface area contributed by atoms with Crippen LogP contribution in [0.3, 0.4) is 0 Å². The smallest absolute Gasteiger partial charge is 0.255 e. The fourth-order valence-electron chi connectivity index (χ4n) is 5.92. The Hall–Kier alpha value is -3.80. The van der Waals surface area contributed by atoms with E-state index >= 15 is 0 Å². The van der Waals surface area contributed by atoms with Crippen LogP contribution in [0.4, 0.5) is 0 Å². The first-order valence-corrected chi connectivity index (χ1v) is 11.1. The van der Waals surface area contributed by atoms with Gasteiger partial charge in [-0.1, -0.05) is 19.1 Å². The van der Waals surface area contributed by atoms with E-state index in [4.69, 9.17) is 5.73 Å².